The Morgan fingerprint density at radius 3 is 2.24 bits per heavy atom. The van der Waals surface area contributed by atoms with Crippen molar-refractivity contribution < 1.29 is 4.39 Å². The first kappa shape index (κ1) is 13.2. The second-order valence-electron chi connectivity index (χ2n) is 4.61. The van der Waals surface area contributed by atoms with Crippen LogP contribution < -0.4 is 5.32 Å². The Morgan fingerprint density at radius 2 is 1.52 bits per heavy atom. The fourth-order valence-electron chi connectivity index (χ4n) is 1.99. The summed E-state index contributed by atoms with van der Waals surface area (Å²) in [4.78, 5) is 8.63. The van der Waals surface area contributed by atoms with Gasteiger partial charge in [0.15, 0.2) is 5.82 Å². The van der Waals surface area contributed by atoms with Crippen molar-refractivity contribution in [3.8, 4) is 11.4 Å². The van der Waals surface area contributed by atoms with E-state index < -0.39 is 0 Å². The molecule has 1 N–H and O–H groups in total. The average molecular weight is 279 g/mol. The van der Waals surface area contributed by atoms with Crippen LogP contribution in [0.1, 0.15) is 5.56 Å². The number of nitrogens with one attached hydrogen (secondary N) is 1. The Bertz CT molecular complexity index is 712. The van der Waals surface area contributed by atoms with Gasteiger partial charge >= 0.3 is 0 Å². The molecule has 0 aliphatic carbocycles. The van der Waals surface area contributed by atoms with Crippen molar-refractivity contribution in [2.45, 2.75) is 6.54 Å². The summed E-state index contributed by atoms with van der Waals surface area (Å²) in [5, 5.41) is 3.12. The lowest BCUT2D eigenvalue weighted by atomic mass is 10.2. The van der Waals surface area contributed by atoms with Crippen LogP contribution in [0, 0.1) is 5.82 Å². The molecule has 1 heterocycles. The SMILES string of the molecule is Fc1ccccc1CNc1cnc(-c2ccccc2)nc1. The minimum Gasteiger partial charge on any atom is -0.378 e. The Labute approximate surface area is 122 Å². The fourth-order valence-corrected chi connectivity index (χ4v) is 1.99. The van der Waals surface area contributed by atoms with E-state index in [0.29, 0.717) is 17.9 Å². The molecule has 0 spiro atoms. The van der Waals surface area contributed by atoms with E-state index in [1.807, 2.05) is 36.4 Å². The molecule has 0 amide bonds. The first-order valence-electron chi connectivity index (χ1n) is 6.68. The molecule has 0 fully saturated rings. The molecule has 3 aromatic rings. The summed E-state index contributed by atoms with van der Waals surface area (Å²) < 4.78 is 13.5. The Kier molecular flexibility index (Phi) is 3.87. The quantitative estimate of drug-likeness (QED) is 0.787. The highest BCUT2D eigenvalue weighted by atomic mass is 19.1. The maximum absolute atomic E-state index is 13.5. The molecule has 0 radical (unpaired) electrons. The number of benzene rings is 2. The Morgan fingerprint density at radius 1 is 0.857 bits per heavy atom. The Balaban J connectivity index is 1.69. The zero-order chi connectivity index (χ0) is 14.5. The zero-order valence-electron chi connectivity index (χ0n) is 11.3. The van der Waals surface area contributed by atoms with Gasteiger partial charge in [-0.25, -0.2) is 14.4 Å². The Hall–Kier alpha value is -2.75. The summed E-state index contributed by atoms with van der Waals surface area (Å²) in [5.41, 5.74) is 2.35. The van der Waals surface area contributed by atoms with E-state index in [1.165, 1.54) is 6.07 Å². The first-order valence-corrected chi connectivity index (χ1v) is 6.68. The third kappa shape index (κ3) is 3.23. The molecule has 0 saturated carbocycles. The molecule has 21 heavy (non-hydrogen) atoms. The molecule has 0 aliphatic heterocycles. The van der Waals surface area contributed by atoms with Gasteiger partial charge in [0.2, 0.25) is 0 Å². The van der Waals surface area contributed by atoms with Crippen LogP contribution in [0.2, 0.25) is 0 Å². The highest BCUT2D eigenvalue weighted by molar-refractivity contribution is 5.55. The van der Waals surface area contributed by atoms with Crippen molar-refractivity contribution in [3.05, 3.63) is 78.4 Å². The van der Waals surface area contributed by atoms with Crippen LogP contribution in [0.15, 0.2) is 67.0 Å². The number of hydrogen-bond donors (Lipinski definition) is 1. The van der Waals surface area contributed by atoms with Gasteiger partial charge in [0, 0.05) is 17.7 Å². The van der Waals surface area contributed by atoms with E-state index >= 15 is 0 Å². The molecule has 0 aliphatic rings. The number of aromatic nitrogens is 2. The minimum atomic E-state index is -0.216. The predicted molar refractivity (Wildman–Crippen MR) is 81.2 cm³/mol. The van der Waals surface area contributed by atoms with E-state index in [9.17, 15) is 4.39 Å². The summed E-state index contributed by atoms with van der Waals surface area (Å²) in [6, 6.07) is 16.5. The summed E-state index contributed by atoms with van der Waals surface area (Å²) in [5.74, 6) is 0.457. The molecule has 2 aromatic carbocycles. The van der Waals surface area contributed by atoms with Gasteiger partial charge in [0.05, 0.1) is 18.1 Å². The fraction of sp³-hybridized carbons (Fsp3) is 0.0588. The minimum absolute atomic E-state index is 0.216. The van der Waals surface area contributed by atoms with Gasteiger partial charge in [-0.15, -0.1) is 0 Å². The molecule has 3 rings (SSSR count). The normalized spacial score (nSPS) is 10.3. The smallest absolute Gasteiger partial charge is 0.159 e. The second kappa shape index (κ2) is 6.13. The molecule has 0 unspecified atom stereocenters. The van der Waals surface area contributed by atoms with Crippen molar-refractivity contribution in [1.82, 2.24) is 9.97 Å². The van der Waals surface area contributed by atoms with Crippen LogP contribution >= 0.6 is 0 Å². The van der Waals surface area contributed by atoms with Gasteiger partial charge in [-0.05, 0) is 6.07 Å². The molecule has 0 atom stereocenters. The van der Waals surface area contributed by atoms with E-state index in [4.69, 9.17) is 0 Å². The van der Waals surface area contributed by atoms with Crippen LogP contribution in [-0.4, -0.2) is 9.97 Å². The monoisotopic (exact) mass is 279 g/mol. The molecule has 4 heteroatoms. The number of nitrogens with zero attached hydrogens (tertiary/aromatic N) is 2. The van der Waals surface area contributed by atoms with Gasteiger partial charge < -0.3 is 5.32 Å². The average Bonchev–Trinajstić information content (AvgIpc) is 2.55. The van der Waals surface area contributed by atoms with E-state index in [1.54, 1.807) is 24.5 Å². The van der Waals surface area contributed by atoms with Gasteiger partial charge in [-0.2, -0.15) is 0 Å². The van der Waals surface area contributed by atoms with Crippen molar-refractivity contribution in [3.63, 3.8) is 0 Å². The standard InChI is InChI=1S/C17H14FN3/c18-16-9-5-4-8-14(16)10-19-15-11-20-17(21-12-15)13-6-2-1-3-7-13/h1-9,11-12,19H,10H2. The lowest BCUT2D eigenvalue weighted by Crippen LogP contribution is -2.02. The van der Waals surface area contributed by atoms with Gasteiger partial charge in [-0.1, -0.05) is 48.5 Å². The van der Waals surface area contributed by atoms with Crippen molar-refractivity contribution in [2.24, 2.45) is 0 Å². The van der Waals surface area contributed by atoms with Crippen LogP contribution in [0.3, 0.4) is 0 Å². The van der Waals surface area contributed by atoms with E-state index in [-0.39, 0.29) is 5.82 Å². The largest absolute Gasteiger partial charge is 0.378 e. The van der Waals surface area contributed by atoms with Gasteiger partial charge in [-0.3, -0.25) is 0 Å². The molecular formula is C17H14FN3. The van der Waals surface area contributed by atoms with Crippen LogP contribution in [0.25, 0.3) is 11.4 Å². The topological polar surface area (TPSA) is 37.8 Å². The molecule has 0 bridgehead atoms. The molecule has 3 nitrogen and oxygen atoms in total. The lowest BCUT2D eigenvalue weighted by Gasteiger charge is -2.07. The summed E-state index contributed by atoms with van der Waals surface area (Å²) in [6.45, 7) is 0.403. The number of hydrogen-bond acceptors (Lipinski definition) is 3. The lowest BCUT2D eigenvalue weighted by molar-refractivity contribution is 0.613. The van der Waals surface area contributed by atoms with Crippen LogP contribution in [0.4, 0.5) is 10.1 Å². The number of anilines is 1. The second-order valence-corrected chi connectivity index (χ2v) is 4.61. The van der Waals surface area contributed by atoms with Gasteiger partial charge in [0.1, 0.15) is 5.82 Å². The number of rotatable bonds is 4. The molecule has 0 saturated heterocycles. The first-order chi connectivity index (χ1) is 10.3. The highest BCUT2D eigenvalue weighted by Gasteiger charge is 2.02. The summed E-state index contributed by atoms with van der Waals surface area (Å²) in [7, 11) is 0. The van der Waals surface area contributed by atoms with Gasteiger partial charge in [0.25, 0.3) is 0 Å². The van der Waals surface area contributed by atoms with Crippen molar-refractivity contribution >= 4 is 5.69 Å². The van der Waals surface area contributed by atoms with Crippen LogP contribution in [0.5, 0.6) is 0 Å². The third-order valence-electron chi connectivity index (χ3n) is 3.12. The highest BCUT2D eigenvalue weighted by Crippen LogP contribution is 2.15. The maximum Gasteiger partial charge on any atom is 0.159 e. The summed E-state index contributed by atoms with van der Waals surface area (Å²) >= 11 is 0. The molecule has 104 valence electrons. The van der Waals surface area contributed by atoms with Crippen molar-refractivity contribution in [2.75, 3.05) is 5.32 Å². The molecule has 1 aromatic heterocycles. The van der Waals surface area contributed by atoms with Crippen LogP contribution in [-0.2, 0) is 6.54 Å². The third-order valence-corrected chi connectivity index (χ3v) is 3.12. The summed E-state index contributed by atoms with van der Waals surface area (Å²) in [6.07, 6.45) is 3.41. The zero-order valence-corrected chi connectivity index (χ0v) is 11.3. The van der Waals surface area contributed by atoms with E-state index in [2.05, 4.69) is 15.3 Å². The molecular weight excluding hydrogens is 265 g/mol. The van der Waals surface area contributed by atoms with Crippen molar-refractivity contribution in [1.29, 1.82) is 0 Å². The van der Waals surface area contributed by atoms with E-state index in [0.717, 1.165) is 11.3 Å². The number of halogens is 1. The maximum atomic E-state index is 13.5. The predicted octanol–water partition coefficient (Wildman–Crippen LogP) is 3.89.